The molecule has 106 valence electrons. The SMILES string of the molecule is Cc1nc(/C=N\n2c(-c3ccc(F)cc3)n[nH]c2=S)cs1. The zero-order valence-corrected chi connectivity index (χ0v) is 12.6. The number of nitrogens with one attached hydrogen (secondary N) is 1. The first-order valence-corrected chi connectivity index (χ1v) is 7.32. The molecule has 0 aliphatic carbocycles. The van der Waals surface area contributed by atoms with Crippen LogP contribution in [0.5, 0.6) is 0 Å². The molecule has 21 heavy (non-hydrogen) atoms. The molecule has 0 unspecified atom stereocenters. The quantitative estimate of drug-likeness (QED) is 0.594. The molecule has 0 aliphatic rings. The monoisotopic (exact) mass is 319 g/mol. The summed E-state index contributed by atoms with van der Waals surface area (Å²) in [6.45, 7) is 1.93. The molecule has 0 fully saturated rings. The van der Waals surface area contributed by atoms with Gasteiger partial charge < -0.3 is 0 Å². The van der Waals surface area contributed by atoms with E-state index in [1.54, 1.807) is 29.7 Å². The molecule has 3 rings (SSSR count). The fourth-order valence-corrected chi connectivity index (χ4v) is 2.48. The number of aromatic amines is 1. The van der Waals surface area contributed by atoms with Gasteiger partial charge in [0, 0.05) is 10.9 Å². The second-order valence-corrected chi connectivity index (χ2v) is 5.66. The predicted molar refractivity (Wildman–Crippen MR) is 82.6 cm³/mol. The molecule has 0 radical (unpaired) electrons. The summed E-state index contributed by atoms with van der Waals surface area (Å²) in [5.74, 6) is 0.212. The van der Waals surface area contributed by atoms with Gasteiger partial charge in [-0.3, -0.25) is 0 Å². The Bertz CT molecular complexity index is 844. The van der Waals surface area contributed by atoms with Gasteiger partial charge in [0.25, 0.3) is 0 Å². The highest BCUT2D eigenvalue weighted by atomic mass is 32.1. The highest BCUT2D eigenvalue weighted by Crippen LogP contribution is 2.17. The Hall–Kier alpha value is -2.19. The number of halogens is 1. The molecule has 0 spiro atoms. The molecule has 2 aromatic heterocycles. The highest BCUT2D eigenvalue weighted by Gasteiger charge is 2.08. The van der Waals surface area contributed by atoms with Crippen LogP contribution in [0.25, 0.3) is 11.4 Å². The van der Waals surface area contributed by atoms with Crippen LogP contribution < -0.4 is 0 Å². The number of hydrogen-bond donors (Lipinski definition) is 1. The van der Waals surface area contributed by atoms with E-state index in [9.17, 15) is 4.39 Å². The lowest BCUT2D eigenvalue weighted by molar-refractivity contribution is 0.628. The summed E-state index contributed by atoms with van der Waals surface area (Å²) in [6, 6.07) is 5.98. The third-order valence-electron chi connectivity index (χ3n) is 2.70. The Morgan fingerprint density at radius 1 is 1.38 bits per heavy atom. The van der Waals surface area contributed by atoms with Gasteiger partial charge in [-0.1, -0.05) is 0 Å². The maximum Gasteiger partial charge on any atom is 0.216 e. The largest absolute Gasteiger partial charge is 0.250 e. The first kappa shape index (κ1) is 13.8. The molecule has 1 N–H and O–H groups in total. The summed E-state index contributed by atoms with van der Waals surface area (Å²) in [6.07, 6.45) is 1.61. The van der Waals surface area contributed by atoms with E-state index in [0.29, 0.717) is 10.6 Å². The second-order valence-electron chi connectivity index (χ2n) is 4.21. The number of aryl methyl sites for hydroxylation is 1. The Morgan fingerprint density at radius 2 is 2.14 bits per heavy atom. The summed E-state index contributed by atoms with van der Waals surface area (Å²) in [4.78, 5) is 4.30. The minimum absolute atomic E-state index is 0.305. The summed E-state index contributed by atoms with van der Waals surface area (Å²) >= 11 is 6.70. The number of hydrogen-bond acceptors (Lipinski definition) is 5. The fraction of sp³-hybridized carbons (Fsp3) is 0.0769. The molecule has 0 amide bonds. The normalized spacial score (nSPS) is 11.3. The summed E-state index contributed by atoms with van der Waals surface area (Å²) in [7, 11) is 0. The van der Waals surface area contributed by atoms with Crippen LogP contribution in [-0.4, -0.2) is 26.1 Å². The van der Waals surface area contributed by atoms with Gasteiger partial charge in [-0.2, -0.15) is 14.9 Å². The molecule has 5 nitrogen and oxygen atoms in total. The minimum Gasteiger partial charge on any atom is -0.250 e. The van der Waals surface area contributed by atoms with Crippen molar-refractivity contribution in [2.45, 2.75) is 6.92 Å². The zero-order chi connectivity index (χ0) is 14.8. The van der Waals surface area contributed by atoms with Crippen molar-refractivity contribution in [3.63, 3.8) is 0 Å². The van der Waals surface area contributed by atoms with E-state index in [1.807, 2.05) is 12.3 Å². The average molecular weight is 319 g/mol. The Kier molecular flexibility index (Phi) is 3.72. The van der Waals surface area contributed by atoms with Gasteiger partial charge >= 0.3 is 0 Å². The molecule has 0 aliphatic heterocycles. The zero-order valence-electron chi connectivity index (χ0n) is 10.9. The minimum atomic E-state index is -0.305. The molecule has 0 saturated heterocycles. The lowest BCUT2D eigenvalue weighted by Gasteiger charge is -2.00. The van der Waals surface area contributed by atoms with E-state index in [0.717, 1.165) is 16.3 Å². The van der Waals surface area contributed by atoms with Gasteiger partial charge in [-0.05, 0) is 43.4 Å². The Labute approximate surface area is 128 Å². The molecular formula is C13H10FN5S2. The number of H-pyrrole nitrogens is 1. The van der Waals surface area contributed by atoms with Crippen LogP contribution in [-0.2, 0) is 0 Å². The Balaban J connectivity index is 1.99. The molecule has 2 heterocycles. The highest BCUT2D eigenvalue weighted by molar-refractivity contribution is 7.71. The lowest BCUT2D eigenvalue weighted by Crippen LogP contribution is -1.95. The van der Waals surface area contributed by atoms with E-state index < -0.39 is 0 Å². The number of aromatic nitrogens is 4. The number of thiazole rings is 1. The third-order valence-corrected chi connectivity index (χ3v) is 3.75. The van der Waals surface area contributed by atoms with Crippen LogP contribution in [0.3, 0.4) is 0 Å². The predicted octanol–water partition coefficient (Wildman–Crippen LogP) is 3.39. The molecule has 8 heteroatoms. The van der Waals surface area contributed by atoms with Crippen LogP contribution in [0, 0.1) is 17.5 Å². The van der Waals surface area contributed by atoms with Crippen molar-refractivity contribution in [3.05, 3.63) is 50.9 Å². The summed E-state index contributed by atoms with van der Waals surface area (Å²) in [5, 5.41) is 14.0. The topological polar surface area (TPSA) is 58.9 Å². The Morgan fingerprint density at radius 3 is 2.81 bits per heavy atom. The molecule has 0 bridgehead atoms. The molecular weight excluding hydrogens is 309 g/mol. The smallest absolute Gasteiger partial charge is 0.216 e. The van der Waals surface area contributed by atoms with Crippen molar-refractivity contribution in [3.8, 4) is 11.4 Å². The van der Waals surface area contributed by atoms with Crippen molar-refractivity contribution in [2.75, 3.05) is 0 Å². The van der Waals surface area contributed by atoms with Crippen LogP contribution in [0.4, 0.5) is 4.39 Å². The van der Waals surface area contributed by atoms with Crippen LogP contribution in [0.15, 0.2) is 34.7 Å². The molecule has 0 atom stereocenters. The van der Waals surface area contributed by atoms with Gasteiger partial charge in [0.1, 0.15) is 5.82 Å². The maximum absolute atomic E-state index is 13.0. The standard InChI is InChI=1S/C13H10FN5S2/c1-8-16-11(7-21-8)6-15-19-12(17-18-13(19)20)9-2-4-10(14)5-3-9/h2-7H,1H3,(H,18,20)/b15-6-. The second kappa shape index (κ2) is 5.66. The van der Waals surface area contributed by atoms with Crippen molar-refractivity contribution in [2.24, 2.45) is 5.10 Å². The van der Waals surface area contributed by atoms with Gasteiger partial charge in [-0.25, -0.2) is 14.5 Å². The number of rotatable bonds is 3. The summed E-state index contributed by atoms with van der Waals surface area (Å²) < 4.78 is 14.8. The molecule has 3 aromatic rings. The fourth-order valence-electron chi connectivity index (χ4n) is 1.74. The van der Waals surface area contributed by atoms with Crippen molar-refractivity contribution in [1.29, 1.82) is 0 Å². The average Bonchev–Trinajstić information content (AvgIpc) is 3.04. The van der Waals surface area contributed by atoms with E-state index in [2.05, 4.69) is 20.3 Å². The van der Waals surface area contributed by atoms with E-state index in [-0.39, 0.29) is 5.82 Å². The van der Waals surface area contributed by atoms with Crippen molar-refractivity contribution >= 4 is 29.8 Å². The molecule has 0 saturated carbocycles. The third kappa shape index (κ3) is 2.96. The van der Waals surface area contributed by atoms with Crippen LogP contribution >= 0.6 is 23.6 Å². The van der Waals surface area contributed by atoms with Crippen LogP contribution in [0.1, 0.15) is 10.7 Å². The first-order chi connectivity index (χ1) is 10.1. The van der Waals surface area contributed by atoms with Gasteiger partial charge in [0.2, 0.25) is 4.77 Å². The van der Waals surface area contributed by atoms with Gasteiger partial charge in [-0.15, -0.1) is 11.3 Å². The van der Waals surface area contributed by atoms with E-state index in [4.69, 9.17) is 12.2 Å². The van der Waals surface area contributed by atoms with Crippen LogP contribution in [0.2, 0.25) is 0 Å². The van der Waals surface area contributed by atoms with E-state index in [1.165, 1.54) is 16.8 Å². The lowest BCUT2D eigenvalue weighted by atomic mass is 10.2. The maximum atomic E-state index is 13.0. The van der Waals surface area contributed by atoms with E-state index >= 15 is 0 Å². The first-order valence-electron chi connectivity index (χ1n) is 6.03. The van der Waals surface area contributed by atoms with Gasteiger partial charge in [0.05, 0.1) is 16.9 Å². The van der Waals surface area contributed by atoms with Crippen molar-refractivity contribution < 1.29 is 4.39 Å². The van der Waals surface area contributed by atoms with Gasteiger partial charge in [0.15, 0.2) is 5.82 Å². The molecule has 1 aromatic carbocycles. The number of benzene rings is 1. The number of nitrogens with zero attached hydrogens (tertiary/aromatic N) is 4. The van der Waals surface area contributed by atoms with Crippen molar-refractivity contribution in [1.82, 2.24) is 19.9 Å². The summed E-state index contributed by atoms with van der Waals surface area (Å²) in [5.41, 5.74) is 1.47.